The molecule has 1 amide bonds. The number of nitrogens with zero attached hydrogens (tertiary/aromatic N) is 3. The Balaban J connectivity index is 1.39. The molecule has 0 saturated carbocycles. The Kier molecular flexibility index (Phi) is 10.8. The first-order chi connectivity index (χ1) is 23.3. The van der Waals surface area contributed by atoms with E-state index in [1.54, 1.807) is 77.4 Å². The van der Waals surface area contributed by atoms with Crippen molar-refractivity contribution >= 4 is 43.9 Å². The van der Waals surface area contributed by atoms with E-state index in [2.05, 4.69) is 10.3 Å². The van der Waals surface area contributed by atoms with E-state index < -0.39 is 47.0 Å². The molecule has 5 aromatic rings. The zero-order valence-corrected chi connectivity index (χ0v) is 28.1. The van der Waals surface area contributed by atoms with Crippen LogP contribution in [0.2, 0.25) is 0 Å². The van der Waals surface area contributed by atoms with Crippen molar-refractivity contribution in [3.8, 4) is 21.9 Å². The van der Waals surface area contributed by atoms with E-state index in [0.717, 1.165) is 19.1 Å². The van der Waals surface area contributed by atoms with Crippen LogP contribution in [0, 0.1) is 0 Å². The molecule has 1 aliphatic heterocycles. The van der Waals surface area contributed by atoms with Crippen molar-refractivity contribution in [1.82, 2.24) is 13.6 Å². The van der Waals surface area contributed by atoms with Crippen molar-refractivity contribution in [2.45, 2.75) is 30.8 Å². The molecule has 250 valence electrons. The second kappa shape index (κ2) is 15.4. The normalized spacial score (nSPS) is 21.3. The van der Waals surface area contributed by atoms with Gasteiger partial charge >= 0.3 is 0 Å². The largest absolute Gasteiger partial charge is 0.492 e. The molecular weight excluding hydrogens is 673 g/mol. The van der Waals surface area contributed by atoms with Gasteiger partial charge in [0.2, 0.25) is 5.91 Å². The number of aliphatic hydroxyl groups excluding tert-OH is 2. The van der Waals surface area contributed by atoms with Crippen molar-refractivity contribution in [2.75, 3.05) is 25.1 Å². The lowest BCUT2D eigenvalue weighted by Gasteiger charge is -2.34. The van der Waals surface area contributed by atoms with Crippen LogP contribution in [0.4, 0.5) is 5.13 Å². The molecule has 3 heterocycles. The summed E-state index contributed by atoms with van der Waals surface area (Å²) in [4.78, 5) is 18.4. The summed E-state index contributed by atoms with van der Waals surface area (Å²) in [5, 5.41) is 30.1. The molecule has 0 radical (unpaired) electrons. The third-order valence-electron chi connectivity index (χ3n) is 7.85. The summed E-state index contributed by atoms with van der Waals surface area (Å²) < 4.78 is 43.7. The van der Waals surface area contributed by atoms with E-state index in [4.69, 9.17) is 9.47 Å². The Hall–Kier alpha value is -4.15. The van der Waals surface area contributed by atoms with E-state index in [-0.39, 0.29) is 19.8 Å². The highest BCUT2D eigenvalue weighted by atomic mass is 32.2. The molecule has 0 aliphatic carbocycles. The lowest BCUT2D eigenvalue weighted by atomic mass is 9.99. The topological polar surface area (TPSA) is 142 Å². The number of thiazole rings is 1. The Bertz CT molecular complexity index is 1860. The quantitative estimate of drug-likeness (QED) is 0.173. The molecule has 4 atom stereocenters. The van der Waals surface area contributed by atoms with Gasteiger partial charge in [0.25, 0.3) is 10.2 Å². The van der Waals surface area contributed by atoms with Crippen LogP contribution in [0.1, 0.15) is 5.56 Å². The first kappa shape index (κ1) is 33.7. The minimum atomic E-state index is -4.60. The number of nitrogens with one attached hydrogen (secondary N) is 1. The molecule has 11 nitrogen and oxygen atoms in total. The van der Waals surface area contributed by atoms with Crippen LogP contribution < -0.4 is 14.8 Å². The van der Waals surface area contributed by atoms with Crippen molar-refractivity contribution in [3.63, 3.8) is 0 Å². The maximum atomic E-state index is 14.9. The van der Waals surface area contributed by atoms with Crippen molar-refractivity contribution in [1.29, 1.82) is 0 Å². The minimum Gasteiger partial charge on any atom is -0.492 e. The maximum absolute atomic E-state index is 14.9. The molecule has 3 N–H and O–H groups in total. The summed E-state index contributed by atoms with van der Waals surface area (Å²) in [6.07, 6.45) is -1.77. The first-order valence-corrected chi connectivity index (χ1v) is 18.3. The number of benzene rings is 3. The maximum Gasteiger partial charge on any atom is 0.283 e. The predicted octanol–water partition coefficient (Wildman–Crippen LogP) is 4.49. The molecule has 14 heteroatoms. The van der Waals surface area contributed by atoms with Gasteiger partial charge in [-0.3, -0.25) is 4.79 Å². The number of anilines is 1. The van der Waals surface area contributed by atoms with Crippen molar-refractivity contribution in [3.05, 3.63) is 120 Å². The molecule has 0 spiro atoms. The van der Waals surface area contributed by atoms with Crippen LogP contribution in [-0.4, -0.2) is 82.2 Å². The van der Waals surface area contributed by atoms with Crippen LogP contribution in [0.25, 0.3) is 10.4 Å². The van der Waals surface area contributed by atoms with Crippen LogP contribution in [0.5, 0.6) is 11.5 Å². The van der Waals surface area contributed by atoms with E-state index in [1.165, 1.54) is 17.5 Å². The van der Waals surface area contributed by atoms with Crippen LogP contribution in [0.3, 0.4) is 0 Å². The van der Waals surface area contributed by atoms with Crippen LogP contribution in [-0.2, 0) is 21.5 Å². The molecule has 2 aromatic heterocycles. The number of para-hydroxylation sites is 2. The Morgan fingerprint density at radius 2 is 1.44 bits per heavy atom. The van der Waals surface area contributed by atoms with Gasteiger partial charge in [-0.2, -0.15) is 17.0 Å². The van der Waals surface area contributed by atoms with Gasteiger partial charge in [-0.1, -0.05) is 60.7 Å². The van der Waals surface area contributed by atoms with Crippen molar-refractivity contribution in [2.24, 2.45) is 0 Å². The van der Waals surface area contributed by atoms with Crippen LogP contribution in [0.15, 0.2) is 114 Å². The van der Waals surface area contributed by atoms with Crippen molar-refractivity contribution < 1.29 is 32.9 Å². The van der Waals surface area contributed by atoms with Gasteiger partial charge in [0.05, 0.1) is 18.6 Å². The zero-order valence-electron chi connectivity index (χ0n) is 25.6. The fourth-order valence-corrected chi connectivity index (χ4v) is 8.65. The van der Waals surface area contributed by atoms with E-state index in [1.807, 2.05) is 41.8 Å². The number of rotatable bonds is 12. The van der Waals surface area contributed by atoms with E-state index in [9.17, 15) is 23.4 Å². The molecule has 48 heavy (non-hydrogen) atoms. The highest BCUT2D eigenvalue weighted by Crippen LogP contribution is 2.32. The number of hydrogen-bond acceptors (Lipinski definition) is 10. The lowest BCUT2D eigenvalue weighted by molar-refractivity contribution is -0.117. The van der Waals surface area contributed by atoms with E-state index >= 15 is 0 Å². The second-order valence-electron chi connectivity index (χ2n) is 11.0. The van der Waals surface area contributed by atoms with Gasteiger partial charge in [-0.15, -0.1) is 22.7 Å². The molecular formula is C34H34N4O7S3. The smallest absolute Gasteiger partial charge is 0.283 e. The fourth-order valence-electron chi connectivity index (χ4n) is 5.46. The highest BCUT2D eigenvalue weighted by Gasteiger charge is 2.51. The molecule has 3 aromatic carbocycles. The van der Waals surface area contributed by atoms with Gasteiger partial charge in [-0.05, 0) is 52.9 Å². The Labute approximate surface area is 286 Å². The number of amides is 1. The zero-order chi connectivity index (χ0) is 33.5. The summed E-state index contributed by atoms with van der Waals surface area (Å²) in [5.74, 6) is 0.224. The monoisotopic (exact) mass is 706 g/mol. The molecule has 0 unspecified atom stereocenters. The third kappa shape index (κ3) is 7.93. The van der Waals surface area contributed by atoms with Gasteiger partial charge in [-0.25, -0.2) is 4.98 Å². The number of thiophene rings is 1. The molecule has 0 bridgehead atoms. The number of carbonyl (C=O) groups is 1. The first-order valence-electron chi connectivity index (χ1n) is 15.1. The molecule has 1 aliphatic rings. The number of hydrogen-bond donors (Lipinski definition) is 3. The van der Waals surface area contributed by atoms with Gasteiger partial charge < -0.3 is 25.0 Å². The fraction of sp³-hybridized carbons (Fsp3) is 0.235. The average Bonchev–Trinajstić information content (AvgIpc) is 3.83. The summed E-state index contributed by atoms with van der Waals surface area (Å²) >= 11 is 2.74. The van der Waals surface area contributed by atoms with E-state index in [0.29, 0.717) is 22.2 Å². The standard InChI is InChI=1S/C34H34N4O7S3/c39-31(36-34-35-16-18-47-34)21-38-29(23-45-27-13-5-2-6-14-27)33(41)32(40)28(22-44-26-11-3-1-4-12-26)37(48(38,42)43)20-24-9-7-10-25(19-24)30-15-8-17-46-30/h1-19,28-29,32-33,40-41H,20-23H2,(H,35,36,39)/t28-,29-,32+,33+/m1/s1. The summed E-state index contributed by atoms with van der Waals surface area (Å²) in [6.45, 7) is -1.48. The second-order valence-corrected chi connectivity index (χ2v) is 14.7. The number of carbonyl (C=O) groups excluding carboxylic acids is 1. The van der Waals surface area contributed by atoms with Gasteiger partial charge in [0.1, 0.15) is 36.9 Å². The number of ether oxygens (including phenoxy) is 2. The molecule has 1 saturated heterocycles. The van der Waals surface area contributed by atoms with Crippen LogP contribution >= 0.6 is 22.7 Å². The number of aromatic nitrogens is 1. The summed E-state index contributed by atoms with van der Waals surface area (Å²) in [6, 6.07) is 26.3. The third-order valence-corrected chi connectivity index (χ3v) is 11.4. The summed E-state index contributed by atoms with van der Waals surface area (Å²) in [5.41, 5.74) is 1.54. The Morgan fingerprint density at radius 3 is 2.02 bits per heavy atom. The minimum absolute atomic E-state index is 0.176. The van der Waals surface area contributed by atoms with Gasteiger partial charge in [0.15, 0.2) is 5.13 Å². The lowest BCUT2D eigenvalue weighted by Crippen LogP contribution is -2.54. The SMILES string of the molecule is O=C(CN1[C@H](COc2ccccc2)[C@H](O)[C@@H](O)[C@@H](COc2ccccc2)N(Cc2cccc(-c3cccs3)c2)S1(=O)=O)Nc1nccs1. The summed E-state index contributed by atoms with van der Waals surface area (Å²) in [7, 11) is -4.60. The predicted molar refractivity (Wildman–Crippen MR) is 185 cm³/mol. The molecule has 6 rings (SSSR count). The van der Waals surface area contributed by atoms with Gasteiger partial charge in [0, 0.05) is 23.0 Å². The number of aliphatic hydroxyl groups is 2. The molecule has 1 fully saturated rings. The average molecular weight is 707 g/mol. The highest BCUT2D eigenvalue weighted by molar-refractivity contribution is 7.86. The Morgan fingerprint density at radius 1 is 0.792 bits per heavy atom.